The van der Waals surface area contributed by atoms with Crippen molar-refractivity contribution >= 4 is 21.7 Å². The summed E-state index contributed by atoms with van der Waals surface area (Å²) >= 11 is 0. The molecule has 0 saturated carbocycles. The van der Waals surface area contributed by atoms with E-state index in [2.05, 4.69) is 18.6 Å². The minimum atomic E-state index is -1.08. The summed E-state index contributed by atoms with van der Waals surface area (Å²) in [4.78, 5) is 1.83. The van der Waals surface area contributed by atoms with E-state index in [0.717, 1.165) is 15.5 Å². The standard InChI is InChI=1S/C16H19OS2/c1-13-8-10-15(11-9-13)19(17)16-7-5-4-6-14(16)12-18(2)3/h4-11H,12H2,1-3H3/q+1. The van der Waals surface area contributed by atoms with Gasteiger partial charge in [-0.3, -0.25) is 0 Å². The molecule has 1 nitrogen and oxygen atoms in total. The minimum absolute atomic E-state index is 0.312. The third kappa shape index (κ3) is 3.71. The van der Waals surface area contributed by atoms with Crippen molar-refractivity contribution in [3.8, 4) is 0 Å². The van der Waals surface area contributed by atoms with Gasteiger partial charge in [-0.1, -0.05) is 35.9 Å². The van der Waals surface area contributed by atoms with Gasteiger partial charge in [-0.2, -0.15) is 0 Å². The van der Waals surface area contributed by atoms with Crippen LogP contribution in [0.4, 0.5) is 0 Å². The van der Waals surface area contributed by atoms with Gasteiger partial charge in [0.15, 0.2) is 0 Å². The number of benzene rings is 2. The van der Waals surface area contributed by atoms with Crippen molar-refractivity contribution in [2.75, 3.05) is 12.5 Å². The summed E-state index contributed by atoms with van der Waals surface area (Å²) in [7, 11) is -0.766. The van der Waals surface area contributed by atoms with Crippen LogP contribution in [0.2, 0.25) is 0 Å². The molecule has 0 aliphatic rings. The number of aryl methyl sites for hydroxylation is 1. The summed E-state index contributed by atoms with van der Waals surface area (Å²) in [5.74, 6) is 0.994. The highest BCUT2D eigenvalue weighted by molar-refractivity contribution is 7.94. The van der Waals surface area contributed by atoms with Gasteiger partial charge in [-0.25, -0.2) is 4.21 Å². The second-order valence-electron chi connectivity index (χ2n) is 4.82. The molecule has 0 N–H and O–H groups in total. The molecule has 0 aliphatic heterocycles. The maximum absolute atomic E-state index is 12.7. The second kappa shape index (κ2) is 6.40. The number of hydrogen-bond acceptors (Lipinski definition) is 1. The van der Waals surface area contributed by atoms with Gasteiger partial charge in [0.05, 0.1) is 28.2 Å². The molecule has 19 heavy (non-hydrogen) atoms. The largest absolute Gasteiger partial charge is 0.249 e. The van der Waals surface area contributed by atoms with E-state index in [-0.39, 0.29) is 0 Å². The Labute approximate surface area is 120 Å². The highest BCUT2D eigenvalue weighted by atomic mass is 32.2. The first-order valence-corrected chi connectivity index (χ1v) is 9.54. The lowest BCUT2D eigenvalue weighted by molar-refractivity contribution is 0.682. The van der Waals surface area contributed by atoms with Crippen LogP contribution in [-0.2, 0) is 27.4 Å². The summed E-state index contributed by atoms with van der Waals surface area (Å²) in [6.45, 7) is 2.04. The maximum atomic E-state index is 12.7. The van der Waals surface area contributed by atoms with Crippen LogP contribution in [0.1, 0.15) is 11.1 Å². The monoisotopic (exact) mass is 291 g/mol. The highest BCUT2D eigenvalue weighted by Crippen LogP contribution is 2.22. The Bertz CT molecular complexity index is 574. The van der Waals surface area contributed by atoms with Crippen LogP contribution >= 0.6 is 0 Å². The Morgan fingerprint density at radius 2 is 1.63 bits per heavy atom. The fraction of sp³-hybridized carbons (Fsp3) is 0.250. The van der Waals surface area contributed by atoms with Crippen molar-refractivity contribution in [1.82, 2.24) is 0 Å². The van der Waals surface area contributed by atoms with E-state index in [1.807, 2.05) is 49.4 Å². The van der Waals surface area contributed by atoms with Gasteiger partial charge < -0.3 is 0 Å². The average Bonchev–Trinajstić information content (AvgIpc) is 2.39. The molecule has 0 radical (unpaired) electrons. The van der Waals surface area contributed by atoms with Crippen LogP contribution in [0, 0.1) is 6.92 Å². The summed E-state index contributed by atoms with van der Waals surface area (Å²) in [6, 6.07) is 16.0. The van der Waals surface area contributed by atoms with Crippen LogP contribution in [0.15, 0.2) is 58.3 Å². The molecule has 0 aromatic heterocycles. The van der Waals surface area contributed by atoms with Crippen LogP contribution in [-0.4, -0.2) is 16.7 Å². The molecule has 0 heterocycles. The quantitative estimate of drug-likeness (QED) is 0.788. The lowest BCUT2D eigenvalue weighted by atomic mass is 10.2. The third-order valence-corrected chi connectivity index (χ3v) is 5.24. The highest BCUT2D eigenvalue weighted by Gasteiger charge is 2.15. The Morgan fingerprint density at radius 3 is 2.26 bits per heavy atom. The van der Waals surface area contributed by atoms with E-state index >= 15 is 0 Å². The Morgan fingerprint density at radius 1 is 1.00 bits per heavy atom. The van der Waals surface area contributed by atoms with Crippen LogP contribution < -0.4 is 0 Å². The molecule has 0 bridgehead atoms. The van der Waals surface area contributed by atoms with Crippen molar-refractivity contribution in [1.29, 1.82) is 0 Å². The number of rotatable bonds is 4. The Kier molecular flexibility index (Phi) is 4.83. The Hall–Kier alpha value is -1.06. The molecule has 0 aliphatic carbocycles. The predicted molar refractivity (Wildman–Crippen MR) is 85.2 cm³/mol. The molecule has 0 spiro atoms. The fourth-order valence-corrected chi connectivity index (χ4v) is 4.09. The predicted octanol–water partition coefficient (Wildman–Crippen LogP) is 3.54. The average molecular weight is 291 g/mol. The maximum Gasteiger partial charge on any atom is 0.133 e. The first kappa shape index (κ1) is 14.4. The van der Waals surface area contributed by atoms with Gasteiger partial charge in [0.25, 0.3) is 0 Å². The molecule has 0 saturated heterocycles. The van der Waals surface area contributed by atoms with E-state index in [4.69, 9.17) is 0 Å². The molecule has 2 rings (SSSR count). The van der Waals surface area contributed by atoms with Crippen LogP contribution in [0.3, 0.4) is 0 Å². The number of hydrogen-bond donors (Lipinski definition) is 0. The van der Waals surface area contributed by atoms with Crippen LogP contribution in [0.25, 0.3) is 0 Å². The summed E-state index contributed by atoms with van der Waals surface area (Å²) < 4.78 is 12.7. The zero-order valence-corrected chi connectivity index (χ0v) is 13.2. The van der Waals surface area contributed by atoms with Crippen molar-refractivity contribution < 1.29 is 4.21 Å². The van der Waals surface area contributed by atoms with Crippen molar-refractivity contribution in [3.05, 3.63) is 59.7 Å². The van der Waals surface area contributed by atoms with Gasteiger partial charge in [0.2, 0.25) is 0 Å². The molecular weight excluding hydrogens is 272 g/mol. The van der Waals surface area contributed by atoms with Gasteiger partial charge in [-0.05, 0) is 36.0 Å². The van der Waals surface area contributed by atoms with Crippen molar-refractivity contribution in [2.45, 2.75) is 22.5 Å². The molecule has 0 amide bonds. The second-order valence-corrected chi connectivity index (χ2v) is 8.53. The normalized spacial score (nSPS) is 12.6. The van der Waals surface area contributed by atoms with Crippen LogP contribution in [0.5, 0.6) is 0 Å². The topological polar surface area (TPSA) is 17.1 Å². The van der Waals surface area contributed by atoms with Gasteiger partial charge in [0, 0.05) is 10.5 Å². The lowest BCUT2D eigenvalue weighted by Crippen LogP contribution is -2.04. The first-order valence-electron chi connectivity index (χ1n) is 6.18. The summed E-state index contributed by atoms with van der Waals surface area (Å²) in [5, 5.41) is 0. The first-order chi connectivity index (χ1) is 9.08. The molecule has 2 aromatic rings. The van der Waals surface area contributed by atoms with Crippen molar-refractivity contribution in [2.24, 2.45) is 0 Å². The van der Waals surface area contributed by atoms with E-state index in [1.165, 1.54) is 11.1 Å². The summed E-state index contributed by atoms with van der Waals surface area (Å²) in [6.07, 6.45) is 4.43. The molecule has 0 fully saturated rings. The van der Waals surface area contributed by atoms with Gasteiger partial charge in [0.1, 0.15) is 5.75 Å². The SMILES string of the molecule is Cc1ccc(S(=O)c2ccccc2C[S+](C)C)cc1. The smallest absolute Gasteiger partial charge is 0.133 e. The van der Waals surface area contributed by atoms with E-state index < -0.39 is 10.8 Å². The molecule has 1 unspecified atom stereocenters. The molecule has 3 heteroatoms. The van der Waals surface area contributed by atoms with Crippen molar-refractivity contribution in [3.63, 3.8) is 0 Å². The Balaban J connectivity index is 2.35. The third-order valence-electron chi connectivity index (χ3n) is 2.85. The molecule has 100 valence electrons. The van der Waals surface area contributed by atoms with Gasteiger partial charge >= 0.3 is 0 Å². The minimum Gasteiger partial charge on any atom is -0.249 e. The summed E-state index contributed by atoms with van der Waals surface area (Å²) in [5.41, 5.74) is 2.40. The van der Waals surface area contributed by atoms with E-state index in [0.29, 0.717) is 10.9 Å². The van der Waals surface area contributed by atoms with E-state index in [1.54, 1.807) is 0 Å². The van der Waals surface area contributed by atoms with Gasteiger partial charge in [-0.15, -0.1) is 0 Å². The zero-order chi connectivity index (χ0) is 13.8. The molecular formula is C16H19OS2+. The fourth-order valence-electron chi connectivity index (χ4n) is 1.90. The molecule has 1 atom stereocenters. The van der Waals surface area contributed by atoms with E-state index in [9.17, 15) is 4.21 Å². The zero-order valence-electron chi connectivity index (χ0n) is 11.6. The lowest BCUT2D eigenvalue weighted by Gasteiger charge is -2.08. The molecule has 2 aromatic carbocycles.